The van der Waals surface area contributed by atoms with Crippen molar-refractivity contribution in [1.82, 2.24) is 0 Å². The molecule has 16 nitrogen and oxygen atoms in total. The highest BCUT2D eigenvalue weighted by atomic mass is 31.2. The number of phosphoric ester groups is 2. The second-order valence-corrected chi connectivity index (χ2v) is 37.1. The van der Waals surface area contributed by atoms with Crippen LogP contribution in [0.1, 0.15) is 432 Å². The maximum atomic E-state index is 13.1. The molecule has 18 heteroatoms. The maximum absolute atomic E-state index is 13.1. The van der Waals surface area contributed by atoms with Crippen LogP contribution in [-0.4, -0.2) is 95.9 Å². The Morgan fingerprint density at radius 3 is 0.651 bits per heavy atom. The minimum absolute atomic E-state index is 0.0918. The smallest absolute Gasteiger partial charge is 0.463 e. The van der Waals surface area contributed by atoms with E-state index in [0.29, 0.717) is 19.3 Å². The molecule has 0 aliphatic rings. The van der Waals surface area contributed by atoms with Crippen molar-refractivity contribution in [3.63, 3.8) is 0 Å². The summed E-state index contributed by atoms with van der Waals surface area (Å²) >= 11 is 0. The van der Waals surface area contributed by atoms with Crippen LogP contribution in [-0.2, 0) is 55.8 Å². The van der Waals surface area contributed by atoms with E-state index < -0.39 is 91.5 Å². The number of hydrogen-bond donors (Lipinski definition) is 4. The first-order valence-electron chi connectivity index (χ1n) is 51.7. The Labute approximate surface area is 788 Å². The lowest BCUT2D eigenvalue weighted by Gasteiger charge is -2.21. The van der Waals surface area contributed by atoms with Crippen molar-refractivity contribution in [3.8, 4) is 0 Å². The van der Waals surface area contributed by atoms with E-state index in [1.54, 1.807) is 0 Å². The van der Waals surface area contributed by atoms with Crippen molar-refractivity contribution < 1.29 is 75.8 Å². The van der Waals surface area contributed by atoms with E-state index in [1.807, 2.05) is 0 Å². The van der Waals surface area contributed by atoms with Gasteiger partial charge in [0.25, 0.3) is 0 Å². The molecule has 0 aromatic rings. The molecule has 0 aliphatic heterocycles. The summed E-state index contributed by atoms with van der Waals surface area (Å²) < 4.78 is 61.7. The molecule has 0 radical (unpaired) electrons. The van der Waals surface area contributed by atoms with Crippen molar-refractivity contribution in [3.05, 3.63) is 194 Å². The fourth-order valence-electron chi connectivity index (χ4n) is 14.0. The van der Waals surface area contributed by atoms with Crippen LogP contribution in [0.3, 0.4) is 0 Å². The first kappa shape index (κ1) is 123. The second kappa shape index (κ2) is 101. The van der Waals surface area contributed by atoms with E-state index >= 15 is 0 Å². The quantitative estimate of drug-likeness (QED) is 0.0146. The summed E-state index contributed by atoms with van der Waals surface area (Å²) in [6.45, 7) is 2.48. The molecule has 0 aromatic heterocycles. The number of hydrogen-bond acceptors (Lipinski definition) is 14. The summed E-state index contributed by atoms with van der Waals surface area (Å²) in [6.07, 6.45) is 136. The van der Waals surface area contributed by atoms with E-state index in [1.165, 1.54) is 193 Å². The third kappa shape index (κ3) is 103. The molecule has 0 aromatic carbocycles. The predicted octanol–water partition coefficient (Wildman–Crippen LogP) is 32.9. The van der Waals surface area contributed by atoms with Crippen LogP contribution in [0.4, 0.5) is 0 Å². The number of unbranched alkanes of at least 4 members (excludes halogenated alkanes) is 42. The minimum atomic E-state index is -4.95. The van der Waals surface area contributed by atoms with Crippen molar-refractivity contribution in [2.75, 3.05) is 39.6 Å². The third-order valence-electron chi connectivity index (χ3n) is 21.8. The molecule has 0 bridgehead atoms. The number of carbonyl (C=O) groups is 3. The average molecular weight is 1840 g/mol. The van der Waals surface area contributed by atoms with Gasteiger partial charge in [-0.2, -0.15) is 0 Å². The molecule has 0 amide bonds. The van der Waals surface area contributed by atoms with Gasteiger partial charge in [0, 0.05) is 19.3 Å². The van der Waals surface area contributed by atoms with Crippen LogP contribution in [0.2, 0.25) is 0 Å². The van der Waals surface area contributed by atoms with E-state index in [2.05, 4.69) is 215 Å². The van der Waals surface area contributed by atoms with E-state index in [-0.39, 0.29) is 19.3 Å². The van der Waals surface area contributed by atoms with Gasteiger partial charge in [0.05, 0.1) is 26.4 Å². The number of carbonyl (C=O) groups excluding carboxylic acids is 3. The fourth-order valence-corrected chi connectivity index (χ4v) is 15.6. The van der Waals surface area contributed by atoms with Gasteiger partial charge in [0.1, 0.15) is 25.4 Å². The number of rotatable bonds is 97. The normalized spacial score (nSPS) is 14.4. The molecule has 5 atom stereocenters. The van der Waals surface area contributed by atoms with Crippen LogP contribution in [0.25, 0.3) is 0 Å². The number of ether oxygens (including phenoxy) is 3. The van der Waals surface area contributed by atoms with Gasteiger partial charge >= 0.3 is 33.6 Å². The molecule has 0 heterocycles. The highest BCUT2D eigenvalue weighted by Gasteiger charge is 2.30. The number of aliphatic hydroxyl groups is 2. The van der Waals surface area contributed by atoms with Crippen molar-refractivity contribution in [1.29, 1.82) is 0 Å². The van der Waals surface area contributed by atoms with Gasteiger partial charge in [-0.1, -0.05) is 440 Å². The summed E-state index contributed by atoms with van der Waals surface area (Å²) in [4.78, 5) is 59.2. The van der Waals surface area contributed by atoms with Gasteiger partial charge in [-0.15, -0.1) is 0 Å². The van der Waals surface area contributed by atoms with Gasteiger partial charge < -0.3 is 34.2 Å². The molecule has 0 rings (SSSR count). The summed E-state index contributed by atoms with van der Waals surface area (Å²) in [5.41, 5.74) is 0. The maximum Gasteiger partial charge on any atom is 0.472 e. The monoisotopic (exact) mass is 1840 g/mol. The van der Waals surface area contributed by atoms with Gasteiger partial charge in [-0.25, -0.2) is 9.13 Å². The van der Waals surface area contributed by atoms with Crippen LogP contribution in [0.15, 0.2) is 194 Å². The number of esters is 3. The molecule has 129 heavy (non-hydrogen) atoms. The van der Waals surface area contributed by atoms with Crippen LogP contribution >= 0.6 is 15.6 Å². The first-order chi connectivity index (χ1) is 63.2. The SMILES string of the molecule is CC/C=C\C/C=C\C/C=C\C/C=C\C/C=C\C/C=C\CCCCCCCCCCCCC(=O)OCC(COP(=O)(O)OCC(O)COP(=O)(O)OCC(O)COC(=O)CCCCCCCCCCCCCCCCCCCCC/C=C\C/C=C\C/C=C\C/C=C\CCCCC)OC(=O)CCCCCCCCCCCC/C=C\C/C=C\C/C=C\C/C=C\C/C=C\C/C=C\CC. The zero-order valence-electron chi connectivity index (χ0n) is 81.8. The molecule has 0 fully saturated rings. The molecule has 5 unspecified atom stereocenters. The first-order valence-corrected chi connectivity index (χ1v) is 54.7. The van der Waals surface area contributed by atoms with Crippen LogP contribution in [0, 0.1) is 0 Å². The van der Waals surface area contributed by atoms with Crippen molar-refractivity contribution in [2.45, 2.75) is 450 Å². The Kier molecular flexibility index (Phi) is 97.0. The van der Waals surface area contributed by atoms with Crippen LogP contribution in [0.5, 0.6) is 0 Å². The molecule has 0 saturated carbocycles. The standard InChI is InChI=1S/C111H188O16P2/c1-4-7-10-13-16-19-22-25-28-31-34-37-40-43-46-49-50-51-52-53-54-57-59-61-64-67-70-73-76-79-82-85-88-91-94-97-109(114)121-100-106(112)101-123-128(117,118)124-102-107(113)103-125-129(119,120)126-105-108(127-111(116)99-96-93-90-87-84-81-78-75-72-69-66-63-60-56-48-45-42-39-36-33-30-27-24-21-18-15-12-9-6-3)104-122-110(115)98-95-92-89-86-83-80-77-74-71-68-65-62-58-55-47-44-41-38-35-32-29-26-23-20-17-14-11-8-5-2/h8-9,11-12,16-21,25-30,34-39,43-48,58,60,62-63,106-108,112-113H,4-7,10,13-15,22-24,31-33,40-42,49-57,59,61,64-105H2,1-3H3,(H,117,118)(H,119,120)/b11-8-,12-9-,19-16-,20-17-,21-18-,28-25-,29-26-,30-27-,37-34-,38-35-,39-36-,46-43-,47-44-,48-45-,62-58-,63-60-. The van der Waals surface area contributed by atoms with Crippen molar-refractivity contribution >= 4 is 33.6 Å². The fraction of sp³-hybridized carbons (Fsp3) is 0.685. The topological polar surface area (TPSA) is 231 Å². The Balaban J connectivity index is 4.61. The number of allylic oxidation sites excluding steroid dienone is 32. The summed E-state index contributed by atoms with van der Waals surface area (Å²) in [7, 11) is -9.83. The molecule has 0 spiro atoms. The van der Waals surface area contributed by atoms with Gasteiger partial charge in [-0.05, 0) is 167 Å². The molecule has 738 valence electrons. The Morgan fingerprint density at radius 2 is 0.411 bits per heavy atom. The van der Waals surface area contributed by atoms with Gasteiger partial charge in [0.2, 0.25) is 0 Å². The number of phosphoric acid groups is 2. The Bertz CT molecular complexity index is 3130. The zero-order chi connectivity index (χ0) is 93.5. The predicted molar refractivity (Wildman–Crippen MR) is 546 cm³/mol. The van der Waals surface area contributed by atoms with Gasteiger partial charge in [-0.3, -0.25) is 32.5 Å². The zero-order valence-corrected chi connectivity index (χ0v) is 83.6. The molecular formula is C111H188O16P2. The lowest BCUT2D eigenvalue weighted by molar-refractivity contribution is -0.161. The average Bonchev–Trinajstić information content (AvgIpc) is 0.897. The largest absolute Gasteiger partial charge is 0.472 e. The third-order valence-corrected chi connectivity index (χ3v) is 23.7. The van der Waals surface area contributed by atoms with E-state index in [9.17, 15) is 43.5 Å². The summed E-state index contributed by atoms with van der Waals surface area (Å²) in [5, 5.41) is 20.8. The van der Waals surface area contributed by atoms with Crippen LogP contribution < -0.4 is 0 Å². The lowest BCUT2D eigenvalue weighted by atomic mass is 10.0. The van der Waals surface area contributed by atoms with Crippen molar-refractivity contribution in [2.24, 2.45) is 0 Å². The lowest BCUT2D eigenvalue weighted by Crippen LogP contribution is -2.30. The van der Waals surface area contributed by atoms with E-state index in [4.69, 9.17) is 32.3 Å². The molecule has 0 saturated heterocycles. The second-order valence-electron chi connectivity index (χ2n) is 34.2. The number of aliphatic hydroxyl groups excluding tert-OH is 2. The molecular weight excluding hydrogens is 1650 g/mol. The molecule has 4 N–H and O–H groups in total. The Hall–Kier alpha value is -5.61. The highest BCUT2D eigenvalue weighted by Crippen LogP contribution is 2.45. The van der Waals surface area contributed by atoms with E-state index in [0.717, 1.165) is 180 Å². The molecule has 0 aliphatic carbocycles. The summed E-state index contributed by atoms with van der Waals surface area (Å²) in [5.74, 6) is -1.58. The summed E-state index contributed by atoms with van der Waals surface area (Å²) in [6, 6.07) is 0. The Morgan fingerprint density at radius 1 is 0.225 bits per heavy atom. The minimum Gasteiger partial charge on any atom is -0.463 e. The highest BCUT2D eigenvalue weighted by molar-refractivity contribution is 7.47. The van der Waals surface area contributed by atoms with Gasteiger partial charge in [0.15, 0.2) is 6.10 Å².